The van der Waals surface area contributed by atoms with Gasteiger partial charge >= 0.3 is 0 Å². The van der Waals surface area contributed by atoms with Gasteiger partial charge in [-0.15, -0.1) is 0 Å². The molecule has 3 rings (SSSR count). The van der Waals surface area contributed by atoms with Crippen molar-refractivity contribution in [1.29, 1.82) is 0 Å². The Bertz CT molecular complexity index is 1020. The van der Waals surface area contributed by atoms with Crippen LogP contribution < -0.4 is 0 Å². The molecule has 0 N–H and O–H groups in total. The van der Waals surface area contributed by atoms with E-state index in [1.54, 1.807) is 20.9 Å². The van der Waals surface area contributed by atoms with Crippen LogP contribution in [0.15, 0.2) is 34.1 Å². The second-order valence-corrected chi connectivity index (χ2v) is 10.2. The van der Waals surface area contributed by atoms with E-state index in [2.05, 4.69) is 5.10 Å². The third kappa shape index (κ3) is 2.87. The first-order valence-electron chi connectivity index (χ1n) is 7.55. The second-order valence-electron chi connectivity index (χ2n) is 6.07. The van der Waals surface area contributed by atoms with E-state index >= 15 is 0 Å². The van der Waals surface area contributed by atoms with Crippen LogP contribution in [-0.4, -0.2) is 49.3 Å². The van der Waals surface area contributed by atoms with Gasteiger partial charge in [0, 0.05) is 20.1 Å². The van der Waals surface area contributed by atoms with E-state index in [-0.39, 0.29) is 22.9 Å². The molecule has 1 fully saturated rings. The van der Waals surface area contributed by atoms with Crippen molar-refractivity contribution >= 4 is 19.9 Å². The molecule has 0 bridgehead atoms. The minimum absolute atomic E-state index is 0.00955. The van der Waals surface area contributed by atoms with E-state index in [0.717, 1.165) is 16.4 Å². The van der Waals surface area contributed by atoms with Gasteiger partial charge in [0.15, 0.2) is 9.84 Å². The lowest BCUT2D eigenvalue weighted by Crippen LogP contribution is -2.56. The van der Waals surface area contributed by atoms with Crippen molar-refractivity contribution in [2.75, 3.05) is 13.1 Å². The summed E-state index contributed by atoms with van der Waals surface area (Å²) >= 11 is 0. The van der Waals surface area contributed by atoms with Gasteiger partial charge in [0.2, 0.25) is 10.0 Å². The standard InChI is InChI=1S/C15H18FN3O4S2/c1-10-15(11(2)18(3)17-10)25(22,23)19-8-14(9-19)24(20,21)13-6-4-12(16)5-7-13/h4-7,14H,8-9H2,1-3H3. The highest BCUT2D eigenvalue weighted by Gasteiger charge is 2.45. The van der Waals surface area contributed by atoms with Crippen LogP contribution >= 0.6 is 0 Å². The first kappa shape index (κ1) is 18.0. The molecule has 7 nitrogen and oxygen atoms in total. The van der Waals surface area contributed by atoms with E-state index in [1.807, 2.05) is 0 Å². The summed E-state index contributed by atoms with van der Waals surface area (Å²) < 4.78 is 66.1. The maximum absolute atomic E-state index is 13.0. The summed E-state index contributed by atoms with van der Waals surface area (Å²) in [6.45, 7) is 3.00. The Morgan fingerprint density at radius 2 is 1.64 bits per heavy atom. The average molecular weight is 387 g/mol. The summed E-state index contributed by atoms with van der Waals surface area (Å²) in [6.07, 6.45) is 0. The maximum Gasteiger partial charge on any atom is 0.246 e. The summed E-state index contributed by atoms with van der Waals surface area (Å²) in [4.78, 5) is 0.109. The number of benzene rings is 1. The van der Waals surface area contributed by atoms with Crippen LogP contribution in [0.4, 0.5) is 4.39 Å². The minimum atomic E-state index is -3.80. The molecule has 2 heterocycles. The van der Waals surface area contributed by atoms with Gasteiger partial charge in [-0.1, -0.05) is 0 Å². The van der Waals surface area contributed by atoms with Crippen LogP contribution in [0.25, 0.3) is 0 Å². The lowest BCUT2D eigenvalue weighted by molar-refractivity contribution is 0.309. The molecule has 1 aromatic carbocycles. The van der Waals surface area contributed by atoms with Crippen LogP contribution in [0.1, 0.15) is 11.4 Å². The molecule has 0 saturated carbocycles. The SMILES string of the molecule is Cc1nn(C)c(C)c1S(=O)(=O)N1CC(S(=O)(=O)c2ccc(F)cc2)C1. The van der Waals surface area contributed by atoms with Crippen molar-refractivity contribution < 1.29 is 21.2 Å². The number of rotatable bonds is 4. The quantitative estimate of drug-likeness (QED) is 0.731. The highest BCUT2D eigenvalue weighted by Crippen LogP contribution is 2.31. The van der Waals surface area contributed by atoms with Gasteiger partial charge in [0.05, 0.1) is 21.5 Å². The summed E-state index contributed by atoms with van der Waals surface area (Å²) in [7, 11) is -5.85. The number of sulfone groups is 1. The fraction of sp³-hybridized carbons (Fsp3) is 0.400. The number of halogens is 1. The lowest BCUT2D eigenvalue weighted by Gasteiger charge is -2.37. The molecule has 1 aromatic heterocycles. The molecule has 25 heavy (non-hydrogen) atoms. The summed E-state index contributed by atoms with van der Waals surface area (Å²) in [6, 6.07) is 4.53. The molecule has 1 saturated heterocycles. The van der Waals surface area contributed by atoms with Crippen LogP contribution in [0, 0.1) is 19.7 Å². The molecule has 2 aromatic rings. The summed E-state index contributed by atoms with van der Waals surface area (Å²) in [5.74, 6) is -0.528. The largest absolute Gasteiger partial charge is 0.271 e. The molecule has 0 atom stereocenters. The summed E-state index contributed by atoms with van der Waals surface area (Å²) in [5, 5.41) is 3.26. The van der Waals surface area contributed by atoms with Gasteiger partial charge in [0.25, 0.3) is 0 Å². The molecular formula is C15H18FN3O4S2. The Labute approximate surface area is 146 Å². The fourth-order valence-corrected chi connectivity index (χ4v) is 6.64. The number of hydrogen-bond donors (Lipinski definition) is 0. The fourth-order valence-electron chi connectivity index (χ4n) is 2.87. The van der Waals surface area contributed by atoms with Gasteiger partial charge in [-0.2, -0.15) is 9.40 Å². The van der Waals surface area contributed by atoms with Crippen molar-refractivity contribution in [1.82, 2.24) is 14.1 Å². The predicted molar refractivity (Wildman–Crippen MR) is 88.8 cm³/mol. The molecular weight excluding hydrogens is 369 g/mol. The zero-order chi connectivity index (χ0) is 18.6. The van der Waals surface area contributed by atoms with Crippen molar-refractivity contribution in [3.8, 4) is 0 Å². The molecule has 0 aliphatic carbocycles. The molecule has 10 heteroatoms. The van der Waals surface area contributed by atoms with Crippen molar-refractivity contribution in [3.63, 3.8) is 0 Å². The Balaban J connectivity index is 1.83. The van der Waals surface area contributed by atoms with Crippen LogP contribution in [0.2, 0.25) is 0 Å². The third-order valence-corrected chi connectivity index (χ3v) is 8.63. The van der Waals surface area contributed by atoms with Crippen molar-refractivity contribution in [2.24, 2.45) is 7.05 Å². The minimum Gasteiger partial charge on any atom is -0.271 e. The average Bonchev–Trinajstić information content (AvgIpc) is 2.70. The van der Waals surface area contributed by atoms with E-state index in [1.165, 1.54) is 16.8 Å². The van der Waals surface area contributed by atoms with Crippen LogP contribution in [0.3, 0.4) is 0 Å². The van der Waals surface area contributed by atoms with Gasteiger partial charge in [-0.05, 0) is 38.1 Å². The highest BCUT2D eigenvalue weighted by atomic mass is 32.2. The number of aryl methyl sites for hydroxylation is 2. The van der Waals surface area contributed by atoms with Gasteiger partial charge in [-0.3, -0.25) is 4.68 Å². The molecule has 0 unspecified atom stereocenters. The number of hydrogen-bond acceptors (Lipinski definition) is 5. The maximum atomic E-state index is 13.0. The summed E-state index contributed by atoms with van der Waals surface area (Å²) in [5.41, 5.74) is 0.882. The Morgan fingerprint density at radius 3 is 2.12 bits per heavy atom. The third-order valence-electron chi connectivity index (χ3n) is 4.44. The zero-order valence-electron chi connectivity index (χ0n) is 14.0. The van der Waals surface area contributed by atoms with Crippen molar-refractivity contribution in [2.45, 2.75) is 28.9 Å². The topological polar surface area (TPSA) is 89.3 Å². The van der Waals surface area contributed by atoms with Crippen LogP contribution in [0.5, 0.6) is 0 Å². The Kier molecular flexibility index (Phi) is 4.25. The molecule has 1 aliphatic heterocycles. The molecule has 0 radical (unpaired) electrons. The van der Waals surface area contributed by atoms with E-state index in [9.17, 15) is 21.2 Å². The first-order valence-corrected chi connectivity index (χ1v) is 10.5. The first-order chi connectivity index (χ1) is 11.5. The molecule has 136 valence electrons. The van der Waals surface area contributed by atoms with E-state index < -0.39 is 30.9 Å². The van der Waals surface area contributed by atoms with Gasteiger partial charge in [0.1, 0.15) is 10.7 Å². The van der Waals surface area contributed by atoms with E-state index in [4.69, 9.17) is 0 Å². The lowest BCUT2D eigenvalue weighted by atomic mass is 10.3. The van der Waals surface area contributed by atoms with Gasteiger partial charge in [-0.25, -0.2) is 21.2 Å². The number of nitrogens with zero attached hydrogens (tertiary/aromatic N) is 3. The van der Waals surface area contributed by atoms with Crippen molar-refractivity contribution in [3.05, 3.63) is 41.5 Å². The Hall–Kier alpha value is -1.78. The number of sulfonamides is 1. The molecule has 1 aliphatic rings. The Morgan fingerprint density at radius 1 is 1.08 bits per heavy atom. The molecule has 0 amide bonds. The monoisotopic (exact) mass is 387 g/mol. The van der Waals surface area contributed by atoms with E-state index in [0.29, 0.717) is 11.4 Å². The predicted octanol–water partition coefficient (Wildman–Crippen LogP) is 1.02. The number of aromatic nitrogens is 2. The second kappa shape index (κ2) is 5.89. The zero-order valence-corrected chi connectivity index (χ0v) is 15.6. The van der Waals surface area contributed by atoms with Gasteiger partial charge < -0.3 is 0 Å². The molecule has 0 spiro atoms. The highest BCUT2D eigenvalue weighted by molar-refractivity contribution is 7.92. The normalized spacial score (nSPS) is 16.8. The smallest absolute Gasteiger partial charge is 0.246 e. The van der Waals surface area contributed by atoms with Crippen LogP contribution in [-0.2, 0) is 26.9 Å².